The van der Waals surface area contributed by atoms with Crippen LogP contribution in [0.5, 0.6) is 5.75 Å². The number of urea groups is 1. The molecular formula is C24H16BrCl3N2O3. The van der Waals surface area contributed by atoms with Crippen LogP contribution in [-0.4, -0.2) is 16.8 Å². The summed E-state index contributed by atoms with van der Waals surface area (Å²) in [6.07, 6.45) is 1.57. The van der Waals surface area contributed by atoms with Crippen LogP contribution >= 0.6 is 50.7 Å². The lowest BCUT2D eigenvalue weighted by molar-refractivity contribution is -0.123. The summed E-state index contributed by atoms with van der Waals surface area (Å²) in [4.78, 5) is 26.2. The topological polar surface area (TPSA) is 58.6 Å². The molecule has 1 heterocycles. The lowest BCUT2D eigenvalue weighted by atomic mass is 10.1. The van der Waals surface area contributed by atoms with Crippen molar-refractivity contribution in [1.29, 1.82) is 0 Å². The van der Waals surface area contributed by atoms with Crippen molar-refractivity contribution in [3.63, 3.8) is 0 Å². The van der Waals surface area contributed by atoms with Crippen LogP contribution in [-0.2, 0) is 17.9 Å². The molecule has 0 aliphatic carbocycles. The Labute approximate surface area is 214 Å². The molecule has 1 aliphatic heterocycles. The van der Waals surface area contributed by atoms with Gasteiger partial charge in [-0.2, -0.15) is 0 Å². The molecule has 3 aromatic rings. The second kappa shape index (κ2) is 10.2. The Hall–Kier alpha value is -2.51. The molecule has 0 saturated carbocycles. The third-order valence-electron chi connectivity index (χ3n) is 4.84. The monoisotopic (exact) mass is 564 g/mol. The quantitative estimate of drug-likeness (QED) is 0.256. The average Bonchev–Trinajstić information content (AvgIpc) is 3.03. The van der Waals surface area contributed by atoms with Gasteiger partial charge in [-0.25, -0.2) is 4.79 Å². The van der Waals surface area contributed by atoms with Crippen LogP contribution in [0.1, 0.15) is 16.7 Å². The molecule has 5 nitrogen and oxygen atoms in total. The van der Waals surface area contributed by atoms with E-state index in [-0.39, 0.29) is 18.8 Å². The Morgan fingerprint density at radius 1 is 0.909 bits per heavy atom. The maximum Gasteiger partial charge on any atom is 0.329 e. The van der Waals surface area contributed by atoms with Crippen LogP contribution in [0.4, 0.5) is 4.79 Å². The Morgan fingerprint density at radius 2 is 1.67 bits per heavy atom. The van der Waals surface area contributed by atoms with Crippen molar-refractivity contribution in [1.82, 2.24) is 10.2 Å². The van der Waals surface area contributed by atoms with Crippen molar-refractivity contribution in [2.75, 3.05) is 0 Å². The van der Waals surface area contributed by atoms with Gasteiger partial charge in [0.25, 0.3) is 5.91 Å². The van der Waals surface area contributed by atoms with Crippen molar-refractivity contribution in [2.24, 2.45) is 0 Å². The molecule has 0 spiro atoms. The van der Waals surface area contributed by atoms with E-state index in [4.69, 9.17) is 39.5 Å². The van der Waals surface area contributed by atoms with Gasteiger partial charge in [0.2, 0.25) is 0 Å². The van der Waals surface area contributed by atoms with E-state index < -0.39 is 11.9 Å². The SMILES string of the molecule is O=C1N/C(=C/c2cc(Cl)c(OCc3ccc(Cl)c(Cl)c3)c(Br)c2)C(=O)N1Cc1ccccc1. The number of nitrogens with zero attached hydrogens (tertiary/aromatic N) is 1. The number of nitrogens with one attached hydrogen (secondary N) is 1. The molecule has 4 rings (SSSR count). The van der Waals surface area contributed by atoms with Gasteiger partial charge in [-0.1, -0.05) is 71.2 Å². The number of rotatable bonds is 6. The van der Waals surface area contributed by atoms with Crippen LogP contribution < -0.4 is 10.1 Å². The fourth-order valence-electron chi connectivity index (χ4n) is 3.23. The molecule has 3 amide bonds. The van der Waals surface area contributed by atoms with E-state index in [0.29, 0.717) is 30.9 Å². The van der Waals surface area contributed by atoms with Gasteiger partial charge >= 0.3 is 6.03 Å². The Balaban J connectivity index is 1.50. The van der Waals surface area contributed by atoms with Crippen LogP contribution in [0.15, 0.2) is 70.8 Å². The lowest BCUT2D eigenvalue weighted by Crippen LogP contribution is -2.30. The fraction of sp³-hybridized carbons (Fsp3) is 0.0833. The van der Waals surface area contributed by atoms with Crippen molar-refractivity contribution in [3.8, 4) is 5.75 Å². The molecule has 1 fully saturated rings. The smallest absolute Gasteiger partial charge is 0.329 e. The van der Waals surface area contributed by atoms with E-state index in [2.05, 4.69) is 21.2 Å². The molecule has 168 valence electrons. The lowest BCUT2D eigenvalue weighted by Gasteiger charge is -2.12. The fourth-order valence-corrected chi connectivity index (χ4v) is 4.54. The van der Waals surface area contributed by atoms with Crippen molar-refractivity contribution in [3.05, 3.63) is 103 Å². The number of hydrogen-bond donors (Lipinski definition) is 1. The highest BCUT2D eigenvalue weighted by atomic mass is 79.9. The van der Waals surface area contributed by atoms with Crippen LogP contribution in [0.25, 0.3) is 6.08 Å². The molecule has 0 atom stereocenters. The minimum atomic E-state index is -0.471. The van der Waals surface area contributed by atoms with Gasteiger partial charge in [0.15, 0.2) is 5.75 Å². The third kappa shape index (κ3) is 5.53. The third-order valence-corrected chi connectivity index (χ3v) is 6.45. The van der Waals surface area contributed by atoms with Gasteiger partial charge in [-0.15, -0.1) is 0 Å². The van der Waals surface area contributed by atoms with E-state index in [1.54, 1.807) is 30.3 Å². The Kier molecular flexibility index (Phi) is 7.29. The number of ether oxygens (including phenoxy) is 1. The van der Waals surface area contributed by atoms with Gasteiger partial charge in [-0.05, 0) is 63.0 Å². The normalized spacial score (nSPS) is 14.7. The van der Waals surface area contributed by atoms with E-state index in [1.165, 1.54) is 0 Å². The second-order valence-electron chi connectivity index (χ2n) is 7.22. The largest absolute Gasteiger partial charge is 0.486 e. The number of carbonyl (C=O) groups is 2. The zero-order valence-corrected chi connectivity index (χ0v) is 20.8. The zero-order valence-electron chi connectivity index (χ0n) is 16.9. The maximum absolute atomic E-state index is 12.8. The number of benzene rings is 3. The number of halogens is 4. The highest BCUT2D eigenvalue weighted by molar-refractivity contribution is 9.10. The molecule has 0 radical (unpaired) electrons. The van der Waals surface area contributed by atoms with E-state index >= 15 is 0 Å². The maximum atomic E-state index is 12.8. The van der Waals surface area contributed by atoms with E-state index in [1.807, 2.05) is 36.4 Å². The van der Waals surface area contributed by atoms with E-state index in [9.17, 15) is 9.59 Å². The summed E-state index contributed by atoms with van der Waals surface area (Å²) in [6, 6.07) is 17.5. The van der Waals surface area contributed by atoms with E-state index in [0.717, 1.165) is 16.0 Å². The first-order valence-corrected chi connectivity index (χ1v) is 11.7. The summed E-state index contributed by atoms with van der Waals surface area (Å²) in [7, 11) is 0. The molecule has 9 heteroatoms. The molecule has 33 heavy (non-hydrogen) atoms. The van der Waals surface area contributed by atoms with Gasteiger partial charge in [0, 0.05) is 0 Å². The molecule has 1 N–H and O–H groups in total. The number of amides is 3. The summed E-state index contributed by atoms with van der Waals surface area (Å²) in [6.45, 7) is 0.424. The molecular weight excluding hydrogens is 551 g/mol. The number of carbonyl (C=O) groups excluding carboxylic acids is 2. The first-order chi connectivity index (χ1) is 15.8. The van der Waals surface area contributed by atoms with Gasteiger partial charge in [0.1, 0.15) is 12.3 Å². The Morgan fingerprint density at radius 3 is 2.36 bits per heavy atom. The van der Waals surface area contributed by atoms with Crippen molar-refractivity contribution in [2.45, 2.75) is 13.2 Å². The molecule has 1 saturated heterocycles. The van der Waals surface area contributed by atoms with Crippen LogP contribution in [0.3, 0.4) is 0 Å². The van der Waals surface area contributed by atoms with Crippen LogP contribution in [0, 0.1) is 0 Å². The molecule has 0 bridgehead atoms. The van der Waals surface area contributed by atoms with Gasteiger partial charge in [-0.3, -0.25) is 9.69 Å². The first kappa shape index (κ1) is 23.6. The summed E-state index contributed by atoms with van der Waals surface area (Å²) >= 11 is 21.9. The molecule has 0 unspecified atom stereocenters. The highest BCUT2D eigenvalue weighted by Crippen LogP contribution is 2.36. The Bertz CT molecular complexity index is 1240. The summed E-state index contributed by atoms with van der Waals surface area (Å²) in [5.41, 5.74) is 2.48. The second-order valence-corrected chi connectivity index (χ2v) is 9.29. The predicted octanol–water partition coefficient (Wildman–Crippen LogP) is 7.08. The highest BCUT2D eigenvalue weighted by Gasteiger charge is 2.33. The summed E-state index contributed by atoms with van der Waals surface area (Å²) in [5.74, 6) is 0.0356. The molecule has 3 aromatic carbocycles. The van der Waals surface area contributed by atoms with Crippen LogP contribution in [0.2, 0.25) is 15.1 Å². The summed E-state index contributed by atoms with van der Waals surface area (Å²) in [5, 5.41) is 3.86. The number of hydrogen-bond acceptors (Lipinski definition) is 3. The minimum absolute atomic E-state index is 0.170. The first-order valence-electron chi connectivity index (χ1n) is 9.76. The van der Waals surface area contributed by atoms with Gasteiger partial charge < -0.3 is 10.1 Å². The number of imide groups is 1. The summed E-state index contributed by atoms with van der Waals surface area (Å²) < 4.78 is 6.45. The predicted molar refractivity (Wildman–Crippen MR) is 133 cm³/mol. The minimum Gasteiger partial charge on any atom is -0.486 e. The average molecular weight is 567 g/mol. The zero-order chi connectivity index (χ0) is 23.5. The molecule has 1 aliphatic rings. The molecule has 0 aromatic heterocycles. The standard InChI is InChI=1S/C24H16BrCl3N2O3/c25-17-8-16(10-20(28)22(17)33-13-15-6-7-18(26)19(27)9-15)11-21-23(31)30(24(32)29-21)12-14-4-2-1-3-5-14/h1-11H,12-13H2,(H,29,32)/b21-11+. The van der Waals surface area contributed by atoms with Gasteiger partial charge in [0.05, 0.1) is 26.1 Å². The van der Waals surface area contributed by atoms with Crippen molar-refractivity contribution < 1.29 is 14.3 Å². The van der Waals surface area contributed by atoms with Crippen molar-refractivity contribution >= 4 is 68.7 Å².